The second-order valence-electron chi connectivity index (χ2n) is 8.99. The third-order valence-corrected chi connectivity index (χ3v) is 7.71. The van der Waals surface area contributed by atoms with Gasteiger partial charge in [-0.3, -0.25) is 4.79 Å². The highest BCUT2D eigenvalue weighted by molar-refractivity contribution is 6.30. The monoisotopic (exact) mass is 395 g/mol. The normalized spacial score (nSPS) is 36.5. The van der Waals surface area contributed by atoms with Crippen LogP contribution >= 0.6 is 11.6 Å². The summed E-state index contributed by atoms with van der Waals surface area (Å²) in [4.78, 5) is 12.3. The van der Waals surface area contributed by atoms with Crippen LogP contribution in [-0.2, 0) is 9.53 Å². The smallest absolute Gasteiger partial charge is 0.222 e. The molecule has 2 bridgehead atoms. The first-order chi connectivity index (χ1) is 12.8. The van der Waals surface area contributed by atoms with Crippen molar-refractivity contribution in [2.75, 3.05) is 13.2 Å². The standard InChI is InChI=1S/C21H27ClFNO3/c1-20(2)13-10-14-18(12-3-4-16(23)15(22)9-12)27-8-6-21(14,11-13)19(20)24-17(26)5-7-25/h3-4,9,13-14,18-19,25H,5-8,10-11H2,1-2H3,(H,24,26)/t13-,14-,18-,19-,21?/m1/s1. The number of hydrogen-bond acceptors (Lipinski definition) is 3. The van der Waals surface area contributed by atoms with E-state index in [-0.39, 0.29) is 52.9 Å². The number of ether oxygens (including phenoxy) is 1. The molecule has 148 valence electrons. The Morgan fingerprint density at radius 2 is 2.22 bits per heavy atom. The van der Waals surface area contributed by atoms with E-state index in [2.05, 4.69) is 19.2 Å². The number of hydrogen-bond donors (Lipinski definition) is 2. The van der Waals surface area contributed by atoms with Crippen LogP contribution in [0.25, 0.3) is 0 Å². The SMILES string of the molecule is CC1(C)[C@@H]2C[C@@H]3[C@@H](c4ccc(F)c(Cl)c4)OCCC3(C2)[C@@H]1NC(=O)CCO. The summed E-state index contributed by atoms with van der Waals surface area (Å²) in [5, 5.41) is 12.5. The van der Waals surface area contributed by atoms with Crippen molar-refractivity contribution < 1.29 is 19.0 Å². The average Bonchev–Trinajstić information content (AvgIpc) is 3.10. The lowest BCUT2D eigenvalue weighted by Crippen LogP contribution is -2.59. The predicted molar refractivity (Wildman–Crippen MR) is 101 cm³/mol. The maximum atomic E-state index is 13.6. The van der Waals surface area contributed by atoms with Crippen LogP contribution in [0.5, 0.6) is 0 Å². The van der Waals surface area contributed by atoms with Crippen molar-refractivity contribution in [2.45, 2.75) is 51.7 Å². The van der Waals surface area contributed by atoms with Crippen molar-refractivity contribution in [1.29, 1.82) is 0 Å². The van der Waals surface area contributed by atoms with E-state index in [1.54, 1.807) is 12.1 Å². The molecule has 6 heteroatoms. The van der Waals surface area contributed by atoms with Gasteiger partial charge in [0.25, 0.3) is 0 Å². The summed E-state index contributed by atoms with van der Waals surface area (Å²) >= 11 is 6.02. The minimum absolute atomic E-state index is 0.00392. The number of amides is 1. The molecule has 1 heterocycles. The quantitative estimate of drug-likeness (QED) is 0.813. The lowest BCUT2D eigenvalue weighted by atomic mass is 9.59. The van der Waals surface area contributed by atoms with Crippen LogP contribution in [0.1, 0.15) is 51.2 Å². The number of rotatable bonds is 4. The zero-order valence-electron chi connectivity index (χ0n) is 15.8. The number of nitrogens with one attached hydrogen (secondary N) is 1. The van der Waals surface area contributed by atoms with Crippen LogP contribution in [0, 0.1) is 28.5 Å². The Morgan fingerprint density at radius 1 is 1.44 bits per heavy atom. The van der Waals surface area contributed by atoms with Gasteiger partial charge in [0.2, 0.25) is 5.91 Å². The number of carbonyl (C=O) groups is 1. The summed E-state index contributed by atoms with van der Waals surface area (Å²) in [5.41, 5.74) is 0.892. The number of aliphatic hydroxyl groups is 1. The first-order valence-corrected chi connectivity index (χ1v) is 10.1. The fourth-order valence-electron chi connectivity index (χ4n) is 6.14. The van der Waals surface area contributed by atoms with Gasteiger partial charge in [-0.25, -0.2) is 4.39 Å². The van der Waals surface area contributed by atoms with Crippen molar-refractivity contribution in [3.05, 3.63) is 34.6 Å². The Hall–Kier alpha value is -1.17. The van der Waals surface area contributed by atoms with Gasteiger partial charge in [0.1, 0.15) is 5.82 Å². The lowest BCUT2D eigenvalue weighted by Gasteiger charge is -2.53. The maximum absolute atomic E-state index is 13.6. The van der Waals surface area contributed by atoms with Crippen LogP contribution in [0.3, 0.4) is 0 Å². The summed E-state index contributed by atoms with van der Waals surface area (Å²) in [6.07, 6.45) is 3.02. The zero-order valence-corrected chi connectivity index (χ0v) is 16.6. The molecule has 0 radical (unpaired) electrons. The second kappa shape index (κ2) is 6.71. The van der Waals surface area contributed by atoms with E-state index in [0.29, 0.717) is 12.5 Å². The summed E-state index contributed by atoms with van der Waals surface area (Å²) in [6.45, 7) is 4.96. The Morgan fingerprint density at radius 3 is 2.93 bits per heavy atom. The first-order valence-electron chi connectivity index (χ1n) is 9.76. The van der Waals surface area contributed by atoms with Crippen LogP contribution < -0.4 is 5.32 Å². The van der Waals surface area contributed by atoms with Gasteiger partial charge in [-0.1, -0.05) is 31.5 Å². The van der Waals surface area contributed by atoms with Gasteiger partial charge in [-0.2, -0.15) is 0 Å². The van der Waals surface area contributed by atoms with Crippen LogP contribution in [0.2, 0.25) is 5.02 Å². The highest BCUT2D eigenvalue weighted by atomic mass is 35.5. The molecule has 3 fully saturated rings. The average molecular weight is 396 g/mol. The molecular weight excluding hydrogens is 369 g/mol. The summed E-state index contributed by atoms with van der Waals surface area (Å²) in [5.74, 6) is 0.255. The van der Waals surface area contributed by atoms with Gasteiger partial charge < -0.3 is 15.2 Å². The highest BCUT2D eigenvalue weighted by Gasteiger charge is 2.68. The Bertz CT molecular complexity index is 755. The van der Waals surface area contributed by atoms with Gasteiger partial charge in [0.15, 0.2) is 0 Å². The first kappa shape index (κ1) is 19.2. The molecule has 1 spiro atoms. The number of fused-ring (bicyclic) bond motifs is 1. The van der Waals surface area contributed by atoms with E-state index >= 15 is 0 Å². The van der Waals surface area contributed by atoms with Gasteiger partial charge in [0.05, 0.1) is 17.7 Å². The summed E-state index contributed by atoms with van der Waals surface area (Å²) in [6, 6.07) is 4.90. The van der Waals surface area contributed by atoms with E-state index < -0.39 is 5.82 Å². The number of carbonyl (C=O) groups excluding carboxylic acids is 1. The topological polar surface area (TPSA) is 58.6 Å². The van der Waals surface area contributed by atoms with Crippen molar-refractivity contribution in [3.63, 3.8) is 0 Å². The molecule has 1 unspecified atom stereocenters. The molecular formula is C21H27ClFNO3. The molecule has 1 aromatic carbocycles. The Labute approximate surface area is 164 Å². The molecule has 5 atom stereocenters. The van der Waals surface area contributed by atoms with Crippen molar-refractivity contribution in [2.24, 2.45) is 22.7 Å². The molecule has 1 aromatic rings. The third kappa shape index (κ3) is 2.90. The zero-order chi connectivity index (χ0) is 19.4. The van der Waals surface area contributed by atoms with Crippen molar-refractivity contribution >= 4 is 17.5 Å². The highest BCUT2D eigenvalue weighted by Crippen LogP contribution is 2.70. The maximum Gasteiger partial charge on any atom is 0.222 e. The van der Waals surface area contributed by atoms with Crippen molar-refractivity contribution in [1.82, 2.24) is 5.32 Å². The van der Waals surface area contributed by atoms with E-state index in [4.69, 9.17) is 21.4 Å². The molecule has 2 N–H and O–H groups in total. The molecule has 1 amide bonds. The van der Waals surface area contributed by atoms with E-state index in [9.17, 15) is 9.18 Å². The van der Waals surface area contributed by atoms with E-state index in [1.165, 1.54) is 6.07 Å². The minimum atomic E-state index is -0.422. The minimum Gasteiger partial charge on any atom is -0.396 e. The van der Waals surface area contributed by atoms with Crippen LogP contribution in [-0.4, -0.2) is 30.3 Å². The molecule has 1 saturated heterocycles. The van der Waals surface area contributed by atoms with E-state index in [1.807, 2.05) is 0 Å². The molecule has 4 rings (SSSR count). The Balaban J connectivity index is 1.67. The molecule has 3 aliphatic rings. The second-order valence-corrected chi connectivity index (χ2v) is 9.39. The lowest BCUT2D eigenvalue weighted by molar-refractivity contribution is -0.137. The van der Waals surface area contributed by atoms with Crippen LogP contribution in [0.15, 0.2) is 18.2 Å². The summed E-state index contributed by atoms with van der Waals surface area (Å²) in [7, 11) is 0. The molecule has 4 nitrogen and oxygen atoms in total. The van der Waals surface area contributed by atoms with Gasteiger partial charge in [0, 0.05) is 19.1 Å². The number of aliphatic hydroxyl groups excluding tert-OH is 1. The summed E-state index contributed by atoms with van der Waals surface area (Å²) < 4.78 is 19.8. The fourth-order valence-corrected chi connectivity index (χ4v) is 6.33. The molecule has 2 aliphatic carbocycles. The molecule has 0 aromatic heterocycles. The number of benzene rings is 1. The van der Waals surface area contributed by atoms with Crippen LogP contribution in [0.4, 0.5) is 4.39 Å². The third-order valence-electron chi connectivity index (χ3n) is 7.42. The van der Waals surface area contributed by atoms with E-state index in [0.717, 1.165) is 24.8 Å². The van der Waals surface area contributed by atoms with Gasteiger partial charge in [-0.05, 0) is 59.6 Å². The Kier molecular flexibility index (Phi) is 4.76. The molecule has 2 saturated carbocycles. The van der Waals surface area contributed by atoms with Crippen molar-refractivity contribution in [3.8, 4) is 0 Å². The van der Waals surface area contributed by atoms with Gasteiger partial charge in [-0.15, -0.1) is 0 Å². The predicted octanol–water partition coefficient (Wildman–Crippen LogP) is 3.86. The molecule has 1 aliphatic heterocycles. The largest absolute Gasteiger partial charge is 0.396 e. The van der Waals surface area contributed by atoms with Gasteiger partial charge >= 0.3 is 0 Å². The molecule has 27 heavy (non-hydrogen) atoms. The number of halogens is 2. The fraction of sp³-hybridized carbons (Fsp3) is 0.667.